The summed E-state index contributed by atoms with van der Waals surface area (Å²) in [7, 11) is 3.18. The SMILES string of the molecule is COC1=C(C)C(=O)C2=C(C1=O)C1[C@@H]3[C@@H]4SCC(=O)C(=O)OC[C@@H](c5c6c(c(C)c(O)c54)OCO6)N3[C@@H](C#N)C(C2)N1C. The fraction of sp³-hybridized carbons (Fsp3) is 0.483. The molecule has 2 fully saturated rings. The molecule has 1 aromatic rings. The van der Waals surface area contributed by atoms with Crippen molar-refractivity contribution in [3.05, 3.63) is 39.2 Å². The molecular formula is C29H27N3O9S. The van der Waals surface area contributed by atoms with E-state index in [9.17, 15) is 29.5 Å². The predicted molar refractivity (Wildman–Crippen MR) is 145 cm³/mol. The third-order valence-electron chi connectivity index (χ3n) is 9.47. The Hall–Kier alpha value is -3.86. The molecule has 12 nitrogen and oxygen atoms in total. The molecule has 0 radical (unpaired) electrons. The van der Waals surface area contributed by atoms with Gasteiger partial charge in [-0.2, -0.15) is 5.26 Å². The van der Waals surface area contributed by atoms with Crippen LogP contribution in [0.15, 0.2) is 22.5 Å². The Bertz CT molecular complexity index is 1620. The summed E-state index contributed by atoms with van der Waals surface area (Å²) in [6.07, 6.45) is 0.162. The number of aromatic hydroxyl groups is 1. The molecule has 5 heterocycles. The first-order valence-electron chi connectivity index (χ1n) is 13.5. The number of cyclic esters (lactones) is 1. The van der Waals surface area contributed by atoms with E-state index in [0.717, 1.165) is 11.8 Å². The highest BCUT2D eigenvalue weighted by Crippen LogP contribution is 2.61. The van der Waals surface area contributed by atoms with Crippen molar-refractivity contribution >= 4 is 35.1 Å². The van der Waals surface area contributed by atoms with Gasteiger partial charge in [-0.15, -0.1) is 11.8 Å². The van der Waals surface area contributed by atoms with Gasteiger partial charge in [0.25, 0.3) is 0 Å². The molecule has 13 heteroatoms. The van der Waals surface area contributed by atoms with Crippen molar-refractivity contribution in [1.82, 2.24) is 9.80 Å². The molecule has 0 saturated carbocycles. The molecule has 7 rings (SSSR count). The van der Waals surface area contributed by atoms with Gasteiger partial charge in [0.05, 0.1) is 36.3 Å². The highest BCUT2D eigenvalue weighted by atomic mass is 32.2. The van der Waals surface area contributed by atoms with E-state index in [0.29, 0.717) is 33.8 Å². The number of piperazine rings is 1. The zero-order chi connectivity index (χ0) is 29.8. The molecule has 4 bridgehead atoms. The number of Topliss-reactive ketones (excluding diaryl/α,β-unsaturated/α-hetero) is 3. The van der Waals surface area contributed by atoms with Gasteiger partial charge >= 0.3 is 5.97 Å². The molecule has 218 valence electrons. The van der Waals surface area contributed by atoms with Crippen LogP contribution in [0.4, 0.5) is 0 Å². The third-order valence-corrected chi connectivity index (χ3v) is 10.8. The Labute approximate surface area is 244 Å². The van der Waals surface area contributed by atoms with E-state index >= 15 is 0 Å². The van der Waals surface area contributed by atoms with Gasteiger partial charge in [-0.3, -0.25) is 24.2 Å². The van der Waals surface area contributed by atoms with Crippen LogP contribution >= 0.6 is 11.8 Å². The Morgan fingerprint density at radius 2 is 1.81 bits per heavy atom. The number of carbonyl (C=O) groups excluding carboxylic acids is 4. The minimum Gasteiger partial charge on any atom is -0.507 e. The van der Waals surface area contributed by atoms with Crippen LogP contribution in [-0.4, -0.2) is 95.7 Å². The van der Waals surface area contributed by atoms with Crippen LogP contribution < -0.4 is 9.47 Å². The van der Waals surface area contributed by atoms with Crippen LogP contribution in [0.5, 0.6) is 17.2 Å². The van der Waals surface area contributed by atoms with Crippen LogP contribution in [0.2, 0.25) is 0 Å². The van der Waals surface area contributed by atoms with Gasteiger partial charge in [0.1, 0.15) is 18.4 Å². The summed E-state index contributed by atoms with van der Waals surface area (Å²) in [4.78, 5) is 56.9. The second-order valence-corrected chi connectivity index (χ2v) is 12.4. The molecule has 42 heavy (non-hydrogen) atoms. The second-order valence-electron chi connectivity index (χ2n) is 11.2. The number of phenols is 1. The first-order chi connectivity index (χ1) is 20.1. The lowest BCUT2D eigenvalue weighted by Gasteiger charge is -2.61. The monoisotopic (exact) mass is 593 g/mol. The number of ketones is 3. The molecule has 6 atom stereocenters. The van der Waals surface area contributed by atoms with Crippen LogP contribution in [0.3, 0.4) is 0 Å². The third kappa shape index (κ3) is 3.31. The van der Waals surface area contributed by atoms with Crippen molar-refractivity contribution < 1.29 is 43.2 Å². The number of fused-ring (bicyclic) bond motifs is 8. The van der Waals surface area contributed by atoms with Gasteiger partial charge in [0.2, 0.25) is 18.4 Å². The first-order valence-corrected chi connectivity index (χ1v) is 14.6. The molecule has 1 aromatic carbocycles. The fourth-order valence-electron chi connectivity index (χ4n) is 7.64. The minimum atomic E-state index is -0.982. The molecule has 0 amide bonds. The smallest absolute Gasteiger partial charge is 0.375 e. The number of hydrogen-bond acceptors (Lipinski definition) is 13. The van der Waals surface area contributed by atoms with Gasteiger partial charge in [-0.05, 0) is 27.3 Å². The normalized spacial score (nSPS) is 32.3. The van der Waals surface area contributed by atoms with Gasteiger partial charge in [-0.25, -0.2) is 4.79 Å². The average Bonchev–Trinajstić information content (AvgIpc) is 3.46. The Morgan fingerprint density at radius 1 is 1.07 bits per heavy atom. The summed E-state index contributed by atoms with van der Waals surface area (Å²) in [5, 5.41) is 21.6. The number of likely N-dealkylation sites (N-methyl/N-ethyl adjacent to an activating group) is 1. The summed E-state index contributed by atoms with van der Waals surface area (Å²) in [5.41, 5.74) is 2.32. The van der Waals surface area contributed by atoms with E-state index < -0.39 is 53.0 Å². The Kier molecular flexibility index (Phi) is 5.99. The molecule has 2 saturated heterocycles. The largest absolute Gasteiger partial charge is 0.507 e. The predicted octanol–water partition coefficient (Wildman–Crippen LogP) is 1.40. The maximum atomic E-state index is 14.0. The highest BCUT2D eigenvalue weighted by molar-refractivity contribution is 8.00. The lowest BCUT2D eigenvalue weighted by Crippen LogP contribution is -2.73. The van der Waals surface area contributed by atoms with Crippen LogP contribution in [-0.2, 0) is 28.7 Å². The van der Waals surface area contributed by atoms with Crippen molar-refractivity contribution in [2.75, 3.05) is 33.3 Å². The van der Waals surface area contributed by atoms with E-state index in [4.69, 9.17) is 18.9 Å². The van der Waals surface area contributed by atoms with Crippen molar-refractivity contribution in [3.8, 4) is 23.3 Å². The average molecular weight is 594 g/mol. The standard InChI is InChI=1S/C29H27N3O9S/c1-10-22(34)12-5-13-14(6-30)32-15-7-39-29(37)16(33)8-42-28(19-18(15)27-26(40-9-41-27)11(2)23(19)35)21(32)20(31(13)3)17(12)24(36)25(10)38-4/h13-15,20-21,28,35H,5,7-9H2,1-4H3/t13?,14-,15-,20?,21+,28+/m0/s1. The number of ether oxygens (including phenoxy) is 4. The maximum Gasteiger partial charge on any atom is 0.375 e. The molecule has 0 spiro atoms. The summed E-state index contributed by atoms with van der Waals surface area (Å²) in [6.45, 7) is 2.89. The lowest BCUT2D eigenvalue weighted by atomic mass is 9.68. The number of phenolic OH excluding ortho intramolecular Hbond substituents is 1. The van der Waals surface area contributed by atoms with Crippen LogP contribution in [0.25, 0.3) is 0 Å². The van der Waals surface area contributed by atoms with E-state index in [1.54, 1.807) is 13.8 Å². The number of nitriles is 1. The van der Waals surface area contributed by atoms with Crippen molar-refractivity contribution in [1.29, 1.82) is 5.26 Å². The second kappa shape index (κ2) is 9.32. The molecule has 0 aromatic heterocycles. The summed E-state index contributed by atoms with van der Waals surface area (Å²) < 4.78 is 22.6. The molecule has 5 aliphatic heterocycles. The number of nitrogens with zero attached hydrogens (tertiary/aromatic N) is 3. The zero-order valence-corrected chi connectivity index (χ0v) is 24.1. The minimum absolute atomic E-state index is 0.0243. The molecule has 6 aliphatic rings. The van der Waals surface area contributed by atoms with Crippen LogP contribution in [0, 0.1) is 18.3 Å². The Balaban J connectivity index is 1.53. The topological polar surface area (TPSA) is 156 Å². The number of benzene rings is 1. The molecule has 2 unspecified atom stereocenters. The fourth-order valence-corrected chi connectivity index (χ4v) is 8.98. The summed E-state index contributed by atoms with van der Waals surface area (Å²) >= 11 is 1.13. The van der Waals surface area contributed by atoms with E-state index in [-0.39, 0.29) is 54.0 Å². The number of allylic oxidation sites excluding steroid dienone is 2. The van der Waals surface area contributed by atoms with Gasteiger partial charge in [0.15, 0.2) is 23.0 Å². The maximum absolute atomic E-state index is 14.0. The number of rotatable bonds is 1. The van der Waals surface area contributed by atoms with E-state index in [2.05, 4.69) is 6.07 Å². The van der Waals surface area contributed by atoms with Crippen LogP contribution in [0.1, 0.15) is 41.3 Å². The highest BCUT2D eigenvalue weighted by Gasteiger charge is 2.62. The number of thioether (sulfide) groups is 1. The number of esters is 1. The lowest BCUT2D eigenvalue weighted by molar-refractivity contribution is -0.156. The quantitative estimate of drug-likeness (QED) is 0.284. The number of methoxy groups -OCH3 is 1. The van der Waals surface area contributed by atoms with E-state index in [1.165, 1.54) is 7.11 Å². The Morgan fingerprint density at radius 3 is 2.52 bits per heavy atom. The molecule has 1 N–H and O–H groups in total. The summed E-state index contributed by atoms with van der Waals surface area (Å²) in [5.74, 6) is -1.99. The van der Waals surface area contributed by atoms with E-state index in [1.807, 2.05) is 16.8 Å². The molecule has 1 aliphatic carbocycles. The molecular weight excluding hydrogens is 566 g/mol. The number of carbonyl (C=O) groups is 4. The van der Waals surface area contributed by atoms with Crippen molar-refractivity contribution in [2.45, 2.75) is 55.7 Å². The zero-order valence-electron chi connectivity index (χ0n) is 23.3. The van der Waals surface area contributed by atoms with Gasteiger partial charge in [-0.1, -0.05) is 0 Å². The van der Waals surface area contributed by atoms with Crippen molar-refractivity contribution in [2.24, 2.45) is 0 Å². The number of hydrogen-bond donors (Lipinski definition) is 1. The van der Waals surface area contributed by atoms with Gasteiger partial charge < -0.3 is 24.1 Å². The first kappa shape index (κ1) is 27.0. The van der Waals surface area contributed by atoms with Crippen molar-refractivity contribution in [3.63, 3.8) is 0 Å². The van der Waals surface area contributed by atoms with Gasteiger partial charge in [0, 0.05) is 45.5 Å². The summed E-state index contributed by atoms with van der Waals surface area (Å²) in [6, 6.07) is -1.07.